The molecule has 0 aliphatic heterocycles. The van der Waals surface area contributed by atoms with Gasteiger partial charge >= 0.3 is 17.9 Å². The first-order chi connectivity index (χ1) is 37.0. The number of allylic oxidation sites excluding steroid dienone is 16. The SMILES string of the molecule is CC/C=C\C/C=C\C/C=C\C/C=C\CCCCCCCCC(=O)OC(COC(=O)CCCCCCC/C=C\C/C=C\C/C=C\CC)COC(=O)CCCCCCCCCCCCC/C=C\CCCCCCCCCC. The molecule has 0 N–H and O–H groups in total. The number of esters is 3. The Bertz CT molecular complexity index is 1480. The zero-order valence-corrected chi connectivity index (χ0v) is 49.3. The van der Waals surface area contributed by atoms with Crippen LogP contribution in [0.2, 0.25) is 0 Å². The van der Waals surface area contributed by atoms with Gasteiger partial charge in [-0.15, -0.1) is 0 Å². The largest absolute Gasteiger partial charge is 0.462 e. The second kappa shape index (κ2) is 62.9. The Kier molecular flexibility index (Phi) is 59.8. The van der Waals surface area contributed by atoms with E-state index >= 15 is 0 Å². The number of unbranched alkanes of at least 4 members (excludes halogenated alkanes) is 30. The summed E-state index contributed by atoms with van der Waals surface area (Å²) in [7, 11) is 0. The summed E-state index contributed by atoms with van der Waals surface area (Å²) in [5.74, 6) is -0.913. The Labute approximate surface area is 464 Å². The molecule has 1 unspecified atom stereocenters. The molecular weight excluding hydrogens is 925 g/mol. The molecule has 0 aromatic carbocycles. The third kappa shape index (κ3) is 61.1. The standard InChI is InChI=1S/C69H118O6/c1-4-7-10-13-16-19-22-25-28-30-32-33-34-35-37-38-41-44-47-50-53-56-59-62-68(71)74-65-66(64-73-67(70)61-58-55-52-49-46-43-40-27-24-21-18-15-12-9-6-3)75-69(72)63-60-57-54-51-48-45-42-39-36-31-29-26-23-20-17-14-11-8-5-2/h8-9,11-12,17-18,20-21,26-27,29-30,32,36,39-40,66H,4-7,10,13-16,19,22-25,28,31,33-35,37-38,41-65H2,1-3H3/b11-8-,12-9-,20-17-,21-18-,29-26-,32-30-,39-36-,40-27-. The Hall–Kier alpha value is -3.67. The fourth-order valence-corrected chi connectivity index (χ4v) is 8.86. The van der Waals surface area contributed by atoms with Crippen LogP contribution in [0.3, 0.4) is 0 Å². The van der Waals surface area contributed by atoms with Crippen LogP contribution in [-0.4, -0.2) is 37.2 Å². The zero-order valence-electron chi connectivity index (χ0n) is 49.3. The molecule has 0 amide bonds. The Morgan fingerprint density at radius 2 is 0.520 bits per heavy atom. The van der Waals surface area contributed by atoms with Gasteiger partial charge in [0.2, 0.25) is 0 Å². The highest BCUT2D eigenvalue weighted by molar-refractivity contribution is 5.71. The lowest BCUT2D eigenvalue weighted by Crippen LogP contribution is -2.30. The van der Waals surface area contributed by atoms with Crippen molar-refractivity contribution in [3.05, 3.63) is 97.2 Å². The number of ether oxygens (including phenoxy) is 3. The molecule has 0 bridgehead atoms. The first-order valence-electron chi connectivity index (χ1n) is 31.7. The van der Waals surface area contributed by atoms with Gasteiger partial charge in [0.1, 0.15) is 13.2 Å². The minimum atomic E-state index is -0.795. The predicted molar refractivity (Wildman–Crippen MR) is 325 cm³/mol. The summed E-state index contributed by atoms with van der Waals surface area (Å²) in [6.07, 6.45) is 84.1. The van der Waals surface area contributed by atoms with Crippen LogP contribution in [0.1, 0.15) is 303 Å². The van der Waals surface area contributed by atoms with Crippen LogP contribution in [0.5, 0.6) is 0 Å². The summed E-state index contributed by atoms with van der Waals surface area (Å²) >= 11 is 0. The molecule has 0 saturated heterocycles. The van der Waals surface area contributed by atoms with Crippen molar-refractivity contribution in [2.24, 2.45) is 0 Å². The molecular formula is C69H118O6. The maximum absolute atomic E-state index is 12.9. The van der Waals surface area contributed by atoms with Crippen molar-refractivity contribution in [1.82, 2.24) is 0 Å². The fourth-order valence-electron chi connectivity index (χ4n) is 8.86. The molecule has 0 aliphatic carbocycles. The van der Waals surface area contributed by atoms with Crippen LogP contribution in [0.25, 0.3) is 0 Å². The molecule has 0 aromatic heterocycles. The van der Waals surface area contributed by atoms with Crippen molar-refractivity contribution in [2.75, 3.05) is 13.2 Å². The third-order valence-electron chi connectivity index (χ3n) is 13.6. The van der Waals surface area contributed by atoms with Gasteiger partial charge in [0, 0.05) is 19.3 Å². The van der Waals surface area contributed by atoms with Crippen molar-refractivity contribution >= 4 is 17.9 Å². The van der Waals surface area contributed by atoms with Gasteiger partial charge in [0.05, 0.1) is 0 Å². The first kappa shape index (κ1) is 71.3. The molecule has 6 heteroatoms. The molecule has 430 valence electrons. The number of hydrogen-bond acceptors (Lipinski definition) is 6. The molecule has 0 saturated carbocycles. The smallest absolute Gasteiger partial charge is 0.306 e. The highest BCUT2D eigenvalue weighted by atomic mass is 16.6. The second-order valence-electron chi connectivity index (χ2n) is 20.9. The van der Waals surface area contributed by atoms with E-state index in [0.29, 0.717) is 19.3 Å². The molecule has 0 aliphatic rings. The maximum atomic E-state index is 12.9. The van der Waals surface area contributed by atoms with Gasteiger partial charge in [-0.25, -0.2) is 0 Å². The van der Waals surface area contributed by atoms with E-state index in [2.05, 4.69) is 118 Å². The summed E-state index contributed by atoms with van der Waals surface area (Å²) in [5.41, 5.74) is 0. The van der Waals surface area contributed by atoms with Crippen LogP contribution in [-0.2, 0) is 28.6 Å². The zero-order chi connectivity index (χ0) is 54.3. The van der Waals surface area contributed by atoms with Crippen molar-refractivity contribution in [3.63, 3.8) is 0 Å². The monoisotopic (exact) mass is 1040 g/mol. The Balaban J connectivity index is 4.38. The Morgan fingerprint density at radius 1 is 0.280 bits per heavy atom. The van der Waals surface area contributed by atoms with E-state index in [1.807, 2.05) is 0 Å². The molecule has 75 heavy (non-hydrogen) atoms. The van der Waals surface area contributed by atoms with Gasteiger partial charge in [-0.2, -0.15) is 0 Å². The van der Waals surface area contributed by atoms with E-state index in [0.717, 1.165) is 135 Å². The molecule has 0 fully saturated rings. The third-order valence-corrected chi connectivity index (χ3v) is 13.6. The van der Waals surface area contributed by atoms with Gasteiger partial charge < -0.3 is 14.2 Å². The van der Waals surface area contributed by atoms with Gasteiger partial charge in [-0.1, -0.05) is 266 Å². The summed E-state index contributed by atoms with van der Waals surface area (Å²) in [4.78, 5) is 38.3. The summed E-state index contributed by atoms with van der Waals surface area (Å²) in [6.45, 7) is 6.41. The molecule has 1 atom stereocenters. The van der Waals surface area contributed by atoms with E-state index in [1.165, 1.54) is 128 Å². The number of carbonyl (C=O) groups is 3. The van der Waals surface area contributed by atoms with Crippen LogP contribution in [0, 0.1) is 0 Å². The minimum Gasteiger partial charge on any atom is -0.462 e. The fraction of sp³-hybridized carbons (Fsp3) is 0.725. The number of carbonyl (C=O) groups excluding carboxylic acids is 3. The summed E-state index contributed by atoms with van der Waals surface area (Å²) in [5, 5.41) is 0. The first-order valence-corrected chi connectivity index (χ1v) is 31.7. The molecule has 6 nitrogen and oxygen atoms in total. The van der Waals surface area contributed by atoms with Gasteiger partial charge in [0.15, 0.2) is 6.10 Å². The average molecular weight is 1040 g/mol. The molecule has 0 radical (unpaired) electrons. The van der Waals surface area contributed by atoms with E-state index in [1.54, 1.807) is 0 Å². The minimum absolute atomic E-state index is 0.0891. The van der Waals surface area contributed by atoms with Gasteiger partial charge in [0.25, 0.3) is 0 Å². The van der Waals surface area contributed by atoms with E-state index in [4.69, 9.17) is 14.2 Å². The predicted octanol–water partition coefficient (Wildman–Crippen LogP) is 21.7. The van der Waals surface area contributed by atoms with E-state index in [-0.39, 0.29) is 31.1 Å². The van der Waals surface area contributed by atoms with Gasteiger partial charge in [-0.3, -0.25) is 14.4 Å². The molecule has 0 aromatic rings. The molecule has 0 rings (SSSR count). The van der Waals surface area contributed by atoms with Crippen LogP contribution >= 0.6 is 0 Å². The lowest BCUT2D eigenvalue weighted by Gasteiger charge is -2.18. The lowest BCUT2D eigenvalue weighted by atomic mass is 10.0. The second-order valence-corrected chi connectivity index (χ2v) is 20.9. The van der Waals surface area contributed by atoms with Crippen molar-refractivity contribution < 1.29 is 28.6 Å². The molecule has 0 spiro atoms. The summed E-state index contributed by atoms with van der Waals surface area (Å²) < 4.78 is 16.9. The highest BCUT2D eigenvalue weighted by Gasteiger charge is 2.19. The van der Waals surface area contributed by atoms with Crippen LogP contribution < -0.4 is 0 Å². The topological polar surface area (TPSA) is 78.9 Å². The normalized spacial score (nSPS) is 12.7. The maximum Gasteiger partial charge on any atom is 0.306 e. The highest BCUT2D eigenvalue weighted by Crippen LogP contribution is 2.16. The lowest BCUT2D eigenvalue weighted by molar-refractivity contribution is -0.167. The van der Waals surface area contributed by atoms with E-state index in [9.17, 15) is 14.4 Å². The van der Waals surface area contributed by atoms with Crippen molar-refractivity contribution in [1.29, 1.82) is 0 Å². The van der Waals surface area contributed by atoms with Crippen LogP contribution in [0.15, 0.2) is 97.2 Å². The Morgan fingerprint density at radius 3 is 0.827 bits per heavy atom. The van der Waals surface area contributed by atoms with Gasteiger partial charge in [-0.05, 0) is 116 Å². The number of rotatable bonds is 57. The summed E-state index contributed by atoms with van der Waals surface area (Å²) in [6, 6.07) is 0. The molecule has 0 heterocycles. The van der Waals surface area contributed by atoms with E-state index < -0.39 is 6.10 Å². The van der Waals surface area contributed by atoms with Crippen molar-refractivity contribution in [3.8, 4) is 0 Å². The average Bonchev–Trinajstić information content (AvgIpc) is 3.41. The number of hydrogen-bond donors (Lipinski definition) is 0. The van der Waals surface area contributed by atoms with Crippen molar-refractivity contribution in [2.45, 2.75) is 309 Å². The van der Waals surface area contributed by atoms with Crippen LogP contribution in [0.4, 0.5) is 0 Å². The quantitative estimate of drug-likeness (QED) is 0.0261.